The Kier molecular flexibility index (Phi) is 5.10. The fraction of sp³-hybridized carbons (Fsp3) is 0.571. The Morgan fingerprint density at radius 3 is 3.00 bits per heavy atom. The van der Waals surface area contributed by atoms with Crippen molar-refractivity contribution in [1.82, 2.24) is 4.98 Å². The van der Waals surface area contributed by atoms with Crippen LogP contribution >= 0.6 is 11.3 Å². The Bertz CT molecular complexity index is 455. The number of carbonyl (C=O) groups excluding carboxylic acids is 1. The number of carbonyl (C=O) groups is 1. The van der Waals surface area contributed by atoms with Crippen molar-refractivity contribution in [3.05, 3.63) is 28.2 Å². The van der Waals surface area contributed by atoms with Gasteiger partial charge in [0.15, 0.2) is 5.69 Å². The molecule has 0 saturated carbocycles. The number of nitrogens with zero attached hydrogens (tertiary/aromatic N) is 1. The minimum Gasteiger partial charge on any atom is -0.461 e. The fourth-order valence-electron chi connectivity index (χ4n) is 2.09. The number of allylic oxidation sites excluding steroid dienone is 2. The first-order valence-electron chi connectivity index (χ1n) is 6.46. The van der Waals surface area contributed by atoms with Crippen molar-refractivity contribution in [3.63, 3.8) is 0 Å². The number of aromatic nitrogens is 1. The van der Waals surface area contributed by atoms with Gasteiger partial charge in [0.25, 0.3) is 0 Å². The molecule has 2 atom stereocenters. The molecule has 0 unspecified atom stereocenters. The minimum absolute atomic E-state index is 0.333. The predicted molar refractivity (Wildman–Crippen MR) is 74.1 cm³/mol. The van der Waals surface area contributed by atoms with Crippen LogP contribution in [0.15, 0.2) is 17.5 Å². The first kappa shape index (κ1) is 14.2. The standard InChI is InChI=1S/C14H19NO3S/c1-10-5-3-4-6-11(10)7-18-14(16)12-9-19-13(15-12)8-17-2/h3-4,9-11H,5-8H2,1-2H3/t10-,11+/m0/s1. The van der Waals surface area contributed by atoms with Gasteiger partial charge in [-0.25, -0.2) is 9.78 Å². The minimum atomic E-state index is -0.333. The Hall–Kier alpha value is -1.20. The molecule has 0 N–H and O–H groups in total. The highest BCUT2D eigenvalue weighted by Crippen LogP contribution is 2.25. The second kappa shape index (κ2) is 6.82. The van der Waals surface area contributed by atoms with Crippen LogP contribution in [0.5, 0.6) is 0 Å². The third kappa shape index (κ3) is 3.88. The summed E-state index contributed by atoms with van der Waals surface area (Å²) in [5.41, 5.74) is 0.385. The molecule has 1 heterocycles. The van der Waals surface area contributed by atoms with Gasteiger partial charge in [-0.2, -0.15) is 0 Å². The van der Waals surface area contributed by atoms with Crippen molar-refractivity contribution in [1.29, 1.82) is 0 Å². The maximum absolute atomic E-state index is 11.9. The summed E-state index contributed by atoms with van der Waals surface area (Å²) in [5, 5.41) is 2.52. The highest BCUT2D eigenvalue weighted by atomic mass is 32.1. The molecule has 1 aromatic heterocycles. The maximum atomic E-state index is 11.9. The number of esters is 1. The number of methoxy groups -OCH3 is 1. The molecule has 0 bridgehead atoms. The summed E-state index contributed by atoms with van der Waals surface area (Å²) >= 11 is 1.42. The SMILES string of the molecule is COCc1nc(C(=O)OC[C@H]2CC=CC[C@@H]2C)cs1. The summed E-state index contributed by atoms with van der Waals surface area (Å²) in [5.74, 6) is 0.656. The normalized spacial score (nSPS) is 22.4. The monoisotopic (exact) mass is 281 g/mol. The number of hydrogen-bond donors (Lipinski definition) is 0. The van der Waals surface area contributed by atoms with Crippen LogP contribution < -0.4 is 0 Å². The smallest absolute Gasteiger partial charge is 0.357 e. The second-order valence-electron chi connectivity index (χ2n) is 4.84. The van der Waals surface area contributed by atoms with Crippen LogP contribution in [-0.2, 0) is 16.1 Å². The van der Waals surface area contributed by atoms with Crippen molar-refractivity contribution in [2.45, 2.75) is 26.4 Å². The number of ether oxygens (including phenoxy) is 2. The van der Waals surface area contributed by atoms with Crippen LogP contribution in [0.4, 0.5) is 0 Å². The predicted octanol–water partition coefficient (Wildman–Crippen LogP) is 3.05. The molecule has 1 aliphatic rings. The fourth-order valence-corrected chi connectivity index (χ4v) is 2.82. The Labute approximate surface area is 117 Å². The van der Waals surface area contributed by atoms with E-state index in [1.807, 2.05) is 0 Å². The van der Waals surface area contributed by atoms with Gasteiger partial charge in [-0.3, -0.25) is 0 Å². The van der Waals surface area contributed by atoms with Gasteiger partial charge < -0.3 is 9.47 Å². The lowest BCUT2D eigenvalue weighted by Gasteiger charge is -2.24. The first-order valence-corrected chi connectivity index (χ1v) is 7.34. The third-order valence-corrected chi connectivity index (χ3v) is 4.20. The van der Waals surface area contributed by atoms with Gasteiger partial charge >= 0.3 is 5.97 Å². The van der Waals surface area contributed by atoms with Crippen LogP contribution in [0, 0.1) is 11.8 Å². The van der Waals surface area contributed by atoms with Gasteiger partial charge in [-0.05, 0) is 24.7 Å². The van der Waals surface area contributed by atoms with E-state index >= 15 is 0 Å². The van der Waals surface area contributed by atoms with E-state index < -0.39 is 0 Å². The van der Waals surface area contributed by atoms with Gasteiger partial charge in [0.05, 0.1) is 13.2 Å². The quantitative estimate of drug-likeness (QED) is 0.615. The summed E-state index contributed by atoms with van der Waals surface area (Å²) in [4.78, 5) is 16.1. The van der Waals surface area contributed by atoms with Gasteiger partial charge in [0.2, 0.25) is 0 Å². The largest absolute Gasteiger partial charge is 0.461 e. The molecule has 0 spiro atoms. The van der Waals surface area contributed by atoms with Crippen molar-refractivity contribution in [2.75, 3.05) is 13.7 Å². The van der Waals surface area contributed by atoms with Crippen LogP contribution in [0.25, 0.3) is 0 Å². The Morgan fingerprint density at radius 2 is 2.26 bits per heavy atom. The topological polar surface area (TPSA) is 48.4 Å². The van der Waals surface area contributed by atoms with E-state index in [1.165, 1.54) is 11.3 Å². The number of rotatable bonds is 5. The summed E-state index contributed by atoms with van der Waals surface area (Å²) in [6.07, 6.45) is 6.41. The van der Waals surface area contributed by atoms with Crippen LogP contribution in [0.2, 0.25) is 0 Å². The van der Waals surface area contributed by atoms with E-state index in [9.17, 15) is 4.79 Å². The molecule has 4 nitrogen and oxygen atoms in total. The highest BCUT2D eigenvalue weighted by molar-refractivity contribution is 7.09. The molecule has 19 heavy (non-hydrogen) atoms. The van der Waals surface area contributed by atoms with Gasteiger partial charge in [0.1, 0.15) is 5.01 Å². The maximum Gasteiger partial charge on any atom is 0.357 e. The summed E-state index contributed by atoms with van der Waals surface area (Å²) in [6.45, 7) is 3.10. The van der Waals surface area contributed by atoms with Crippen LogP contribution in [0.3, 0.4) is 0 Å². The highest BCUT2D eigenvalue weighted by Gasteiger charge is 2.21. The van der Waals surface area contributed by atoms with Crippen LogP contribution in [0.1, 0.15) is 35.3 Å². The molecular formula is C14H19NO3S. The number of thiazole rings is 1. The third-order valence-electron chi connectivity index (χ3n) is 3.38. The van der Waals surface area contributed by atoms with E-state index in [2.05, 4.69) is 24.1 Å². The molecular weight excluding hydrogens is 262 g/mol. The lowest BCUT2D eigenvalue weighted by Crippen LogP contribution is -2.21. The number of hydrogen-bond acceptors (Lipinski definition) is 5. The molecule has 104 valence electrons. The van der Waals surface area contributed by atoms with Gasteiger partial charge in [0, 0.05) is 12.5 Å². The molecule has 0 radical (unpaired) electrons. The summed E-state index contributed by atoms with van der Waals surface area (Å²) in [6, 6.07) is 0. The van der Waals surface area contributed by atoms with E-state index in [-0.39, 0.29) is 5.97 Å². The molecule has 0 aromatic carbocycles. The van der Waals surface area contributed by atoms with Gasteiger partial charge in [-0.1, -0.05) is 19.1 Å². The summed E-state index contributed by atoms with van der Waals surface area (Å²) < 4.78 is 10.3. The first-order chi connectivity index (χ1) is 9.20. The molecule has 1 aromatic rings. The zero-order valence-corrected chi connectivity index (χ0v) is 12.1. The molecule has 0 saturated heterocycles. The zero-order valence-electron chi connectivity index (χ0n) is 11.3. The lowest BCUT2D eigenvalue weighted by molar-refractivity contribution is 0.0389. The molecule has 0 amide bonds. The van der Waals surface area contributed by atoms with Crippen molar-refractivity contribution < 1.29 is 14.3 Å². The molecule has 0 fully saturated rings. The van der Waals surface area contributed by atoms with E-state index in [0.29, 0.717) is 30.7 Å². The van der Waals surface area contributed by atoms with E-state index in [0.717, 1.165) is 17.8 Å². The second-order valence-corrected chi connectivity index (χ2v) is 5.78. The molecule has 1 aliphatic carbocycles. The van der Waals surface area contributed by atoms with Crippen molar-refractivity contribution >= 4 is 17.3 Å². The van der Waals surface area contributed by atoms with E-state index in [1.54, 1.807) is 12.5 Å². The average molecular weight is 281 g/mol. The summed E-state index contributed by atoms with van der Waals surface area (Å²) in [7, 11) is 1.61. The van der Waals surface area contributed by atoms with Crippen molar-refractivity contribution in [2.24, 2.45) is 11.8 Å². The van der Waals surface area contributed by atoms with E-state index in [4.69, 9.17) is 9.47 Å². The Balaban J connectivity index is 1.84. The molecule has 2 rings (SSSR count). The zero-order chi connectivity index (χ0) is 13.7. The van der Waals surface area contributed by atoms with Crippen LogP contribution in [-0.4, -0.2) is 24.7 Å². The molecule has 5 heteroatoms. The van der Waals surface area contributed by atoms with Gasteiger partial charge in [-0.15, -0.1) is 11.3 Å². The van der Waals surface area contributed by atoms with Crippen molar-refractivity contribution in [3.8, 4) is 0 Å². The lowest BCUT2D eigenvalue weighted by atomic mass is 9.85. The average Bonchev–Trinajstić information content (AvgIpc) is 2.87. The Morgan fingerprint density at radius 1 is 1.47 bits per heavy atom. The molecule has 0 aliphatic heterocycles.